The lowest BCUT2D eigenvalue weighted by Gasteiger charge is -2.18. The number of carbonyl (C=O) groups is 1. The Morgan fingerprint density at radius 2 is 1.64 bits per heavy atom. The summed E-state index contributed by atoms with van der Waals surface area (Å²) in [6, 6.07) is 15.9. The van der Waals surface area contributed by atoms with Gasteiger partial charge in [0.25, 0.3) is 5.91 Å². The molecule has 3 rings (SSSR count). The summed E-state index contributed by atoms with van der Waals surface area (Å²) in [5, 5.41) is 19.0. The molecule has 1 atom stereocenters. The third-order valence-corrected chi connectivity index (χ3v) is 5.53. The maximum absolute atomic E-state index is 12.8. The van der Waals surface area contributed by atoms with Crippen molar-refractivity contribution in [1.82, 2.24) is 4.90 Å². The molecule has 0 aromatic heterocycles. The van der Waals surface area contributed by atoms with Crippen LogP contribution in [0, 0.1) is 5.92 Å². The number of benzene rings is 2. The summed E-state index contributed by atoms with van der Waals surface area (Å²) in [5.74, 6) is 0.585. The first-order valence-corrected chi connectivity index (χ1v) is 10.1. The molecule has 0 aliphatic carbocycles. The molecule has 150 valence electrons. The third kappa shape index (κ3) is 5.66. The molecule has 28 heavy (non-hydrogen) atoms. The first-order chi connectivity index (χ1) is 13.3. The van der Waals surface area contributed by atoms with Gasteiger partial charge in [0.2, 0.25) is 0 Å². The second kappa shape index (κ2) is 8.89. The van der Waals surface area contributed by atoms with Gasteiger partial charge in [-0.2, -0.15) is 0 Å². The summed E-state index contributed by atoms with van der Waals surface area (Å²) in [6.45, 7) is 5.30. The van der Waals surface area contributed by atoms with Crippen LogP contribution >= 0.6 is 0 Å². The van der Waals surface area contributed by atoms with E-state index >= 15 is 0 Å². The van der Waals surface area contributed by atoms with Gasteiger partial charge in [-0.25, -0.2) is 0 Å². The molecule has 4 heteroatoms. The fourth-order valence-electron chi connectivity index (χ4n) is 3.74. The fraction of sp³-hybridized carbons (Fsp3) is 0.458. The van der Waals surface area contributed by atoms with Crippen molar-refractivity contribution >= 4 is 5.91 Å². The summed E-state index contributed by atoms with van der Waals surface area (Å²) in [7, 11) is 0. The number of aryl methyl sites for hydroxylation is 1. The Hall–Kier alpha value is -2.17. The van der Waals surface area contributed by atoms with Crippen LogP contribution in [0.1, 0.15) is 53.7 Å². The predicted octanol–water partition coefficient (Wildman–Crippen LogP) is 3.59. The monoisotopic (exact) mass is 381 g/mol. The minimum atomic E-state index is -0.669. The van der Waals surface area contributed by atoms with E-state index in [1.165, 1.54) is 5.56 Å². The highest BCUT2D eigenvalue weighted by Gasteiger charge is 2.27. The lowest BCUT2D eigenvalue weighted by molar-refractivity contribution is 0.0713. The van der Waals surface area contributed by atoms with Gasteiger partial charge >= 0.3 is 0 Å². The Labute approximate surface area is 167 Å². The second-order valence-electron chi connectivity index (χ2n) is 8.59. The standard InChI is InChI=1S/C24H31NO3/c1-24(2,28)13-11-18-7-9-22(10-8-18)23(27)25-14-12-21(16-25)15-19-3-5-20(17-26)6-4-19/h3-10,21,26,28H,11-17H2,1-2H3/t21-/m0/s1. The van der Waals surface area contributed by atoms with Crippen molar-refractivity contribution in [2.45, 2.75) is 51.7 Å². The SMILES string of the molecule is CC(C)(O)CCc1ccc(C(=O)N2CC[C@@H](Cc3ccc(CO)cc3)C2)cc1. The number of hydrogen-bond donors (Lipinski definition) is 2. The molecule has 1 amide bonds. The molecule has 2 N–H and O–H groups in total. The van der Waals surface area contributed by atoms with Crippen LogP contribution in [0.4, 0.5) is 0 Å². The molecule has 2 aromatic carbocycles. The van der Waals surface area contributed by atoms with E-state index in [0.29, 0.717) is 12.3 Å². The maximum atomic E-state index is 12.8. The van der Waals surface area contributed by atoms with Gasteiger partial charge in [0, 0.05) is 18.7 Å². The Balaban J connectivity index is 1.53. The first-order valence-electron chi connectivity index (χ1n) is 10.1. The number of hydrogen-bond acceptors (Lipinski definition) is 3. The van der Waals surface area contributed by atoms with Gasteiger partial charge in [0.05, 0.1) is 12.2 Å². The van der Waals surface area contributed by atoms with Gasteiger partial charge in [-0.05, 0) is 74.3 Å². The molecule has 1 saturated heterocycles. The van der Waals surface area contributed by atoms with E-state index in [2.05, 4.69) is 12.1 Å². The minimum absolute atomic E-state index is 0.0720. The predicted molar refractivity (Wildman–Crippen MR) is 111 cm³/mol. The van der Waals surface area contributed by atoms with Crippen LogP contribution in [0.3, 0.4) is 0 Å². The summed E-state index contributed by atoms with van der Waals surface area (Å²) < 4.78 is 0. The van der Waals surface area contributed by atoms with Gasteiger partial charge in [0.15, 0.2) is 0 Å². The van der Waals surface area contributed by atoms with Gasteiger partial charge in [-0.3, -0.25) is 4.79 Å². The highest BCUT2D eigenvalue weighted by Crippen LogP contribution is 2.23. The van der Waals surface area contributed by atoms with E-state index in [4.69, 9.17) is 5.11 Å². The van der Waals surface area contributed by atoms with Crippen molar-refractivity contribution in [3.8, 4) is 0 Å². The number of carbonyl (C=O) groups excluding carboxylic acids is 1. The molecule has 0 bridgehead atoms. The number of rotatable bonds is 7. The van der Waals surface area contributed by atoms with Crippen LogP contribution in [0.15, 0.2) is 48.5 Å². The molecule has 0 unspecified atom stereocenters. The normalized spacial score (nSPS) is 17.1. The zero-order chi connectivity index (χ0) is 20.1. The minimum Gasteiger partial charge on any atom is -0.392 e. The summed E-state index contributed by atoms with van der Waals surface area (Å²) in [4.78, 5) is 14.8. The van der Waals surface area contributed by atoms with Crippen molar-refractivity contribution in [3.63, 3.8) is 0 Å². The molecule has 1 heterocycles. The van der Waals surface area contributed by atoms with Crippen LogP contribution in [0.2, 0.25) is 0 Å². The molecule has 2 aromatic rings. The largest absolute Gasteiger partial charge is 0.392 e. The lowest BCUT2D eigenvalue weighted by atomic mass is 9.98. The highest BCUT2D eigenvalue weighted by atomic mass is 16.3. The molecule has 0 spiro atoms. The zero-order valence-corrected chi connectivity index (χ0v) is 16.9. The van der Waals surface area contributed by atoms with Gasteiger partial charge in [-0.1, -0.05) is 36.4 Å². The third-order valence-electron chi connectivity index (χ3n) is 5.53. The smallest absolute Gasteiger partial charge is 0.253 e. The average molecular weight is 382 g/mol. The number of amides is 1. The van der Waals surface area contributed by atoms with E-state index in [1.807, 2.05) is 55.1 Å². The van der Waals surface area contributed by atoms with Crippen LogP contribution in [0.5, 0.6) is 0 Å². The summed E-state index contributed by atoms with van der Waals surface area (Å²) in [5.41, 5.74) is 3.40. The quantitative estimate of drug-likeness (QED) is 0.771. The van der Waals surface area contributed by atoms with Crippen molar-refractivity contribution in [1.29, 1.82) is 0 Å². The fourth-order valence-corrected chi connectivity index (χ4v) is 3.74. The lowest BCUT2D eigenvalue weighted by Crippen LogP contribution is -2.29. The molecule has 0 radical (unpaired) electrons. The van der Waals surface area contributed by atoms with Gasteiger partial charge in [-0.15, -0.1) is 0 Å². The van der Waals surface area contributed by atoms with Crippen LogP contribution < -0.4 is 0 Å². The Morgan fingerprint density at radius 3 is 2.25 bits per heavy atom. The Kier molecular flexibility index (Phi) is 6.53. The van der Waals surface area contributed by atoms with Gasteiger partial charge in [0.1, 0.15) is 0 Å². The molecule has 1 fully saturated rings. The van der Waals surface area contributed by atoms with E-state index in [-0.39, 0.29) is 12.5 Å². The number of aliphatic hydroxyl groups is 2. The number of nitrogens with zero attached hydrogens (tertiary/aromatic N) is 1. The maximum Gasteiger partial charge on any atom is 0.253 e. The van der Waals surface area contributed by atoms with Crippen LogP contribution in [-0.2, 0) is 19.4 Å². The Bertz CT molecular complexity index is 775. The molecule has 0 saturated carbocycles. The van der Waals surface area contributed by atoms with Crippen molar-refractivity contribution in [2.24, 2.45) is 5.92 Å². The van der Waals surface area contributed by atoms with Crippen molar-refractivity contribution < 1.29 is 15.0 Å². The summed E-state index contributed by atoms with van der Waals surface area (Å²) in [6.07, 6.45) is 3.49. The van der Waals surface area contributed by atoms with Crippen molar-refractivity contribution in [3.05, 3.63) is 70.8 Å². The summed E-state index contributed by atoms with van der Waals surface area (Å²) >= 11 is 0. The second-order valence-corrected chi connectivity index (χ2v) is 8.59. The zero-order valence-electron chi connectivity index (χ0n) is 16.9. The molecular weight excluding hydrogens is 350 g/mol. The number of aliphatic hydroxyl groups excluding tert-OH is 1. The van der Waals surface area contributed by atoms with E-state index in [1.54, 1.807) is 0 Å². The van der Waals surface area contributed by atoms with E-state index in [0.717, 1.165) is 49.0 Å². The van der Waals surface area contributed by atoms with Crippen molar-refractivity contribution in [2.75, 3.05) is 13.1 Å². The van der Waals surface area contributed by atoms with Crippen LogP contribution in [0.25, 0.3) is 0 Å². The highest BCUT2D eigenvalue weighted by molar-refractivity contribution is 5.94. The van der Waals surface area contributed by atoms with E-state index in [9.17, 15) is 9.90 Å². The van der Waals surface area contributed by atoms with Gasteiger partial charge < -0.3 is 15.1 Å². The molecule has 4 nitrogen and oxygen atoms in total. The molecule has 1 aliphatic heterocycles. The molecular formula is C24H31NO3. The van der Waals surface area contributed by atoms with E-state index < -0.39 is 5.60 Å². The molecule has 1 aliphatic rings. The number of likely N-dealkylation sites (tertiary alicyclic amines) is 1. The Morgan fingerprint density at radius 1 is 1.04 bits per heavy atom. The van der Waals surface area contributed by atoms with Crippen LogP contribution in [-0.4, -0.2) is 39.7 Å². The average Bonchev–Trinajstić information content (AvgIpc) is 3.15. The topological polar surface area (TPSA) is 60.8 Å². The first kappa shape index (κ1) is 20.6.